The molecule has 0 unspecified atom stereocenters. The zero-order chi connectivity index (χ0) is 17.5. The molecule has 0 atom stereocenters. The number of carbonyl (C=O) groups excluding carboxylic acids is 2. The fraction of sp³-hybridized carbons (Fsp3) is 0.500. The first-order chi connectivity index (χ1) is 11.5. The van der Waals surface area contributed by atoms with Crippen LogP contribution in [0.25, 0.3) is 0 Å². The van der Waals surface area contributed by atoms with Gasteiger partial charge in [-0.05, 0) is 31.9 Å². The Morgan fingerprint density at radius 2 is 2.04 bits per heavy atom. The maximum atomic E-state index is 11.9. The Bertz CT molecular complexity index is 625. The van der Waals surface area contributed by atoms with Gasteiger partial charge in [0.05, 0.1) is 23.5 Å². The van der Waals surface area contributed by atoms with Crippen LogP contribution < -0.4 is 10.1 Å². The third kappa shape index (κ3) is 4.68. The van der Waals surface area contributed by atoms with Crippen LogP contribution >= 0.6 is 0 Å². The molecular formula is C16H20N2O6. The largest absolute Gasteiger partial charge is 0.494 e. The first kappa shape index (κ1) is 17.7. The van der Waals surface area contributed by atoms with Crippen LogP contribution in [0.4, 0.5) is 11.4 Å². The van der Waals surface area contributed by atoms with Crippen molar-refractivity contribution in [2.75, 3.05) is 18.5 Å². The lowest BCUT2D eigenvalue weighted by Gasteiger charge is -2.10. The molecule has 0 radical (unpaired) electrons. The summed E-state index contributed by atoms with van der Waals surface area (Å²) in [7, 11) is 0. The molecule has 0 spiro atoms. The SMILES string of the molecule is CCOc1ccc(NC(=O)COC(=O)C2CCCC2)c([N+](=O)[O-])c1. The summed E-state index contributed by atoms with van der Waals surface area (Å²) in [6.45, 7) is 1.68. The van der Waals surface area contributed by atoms with Gasteiger partial charge in [0.2, 0.25) is 0 Å². The Morgan fingerprint density at radius 1 is 1.33 bits per heavy atom. The van der Waals surface area contributed by atoms with E-state index in [1.54, 1.807) is 6.92 Å². The highest BCUT2D eigenvalue weighted by Crippen LogP contribution is 2.29. The zero-order valence-electron chi connectivity index (χ0n) is 13.4. The normalized spacial score (nSPS) is 14.2. The number of ether oxygens (including phenoxy) is 2. The molecule has 1 aromatic rings. The third-order valence-corrected chi connectivity index (χ3v) is 3.79. The first-order valence-electron chi connectivity index (χ1n) is 7.89. The van der Waals surface area contributed by atoms with Crippen molar-refractivity contribution < 1.29 is 24.0 Å². The number of nitrogens with one attached hydrogen (secondary N) is 1. The van der Waals surface area contributed by atoms with Crippen LogP contribution in [-0.4, -0.2) is 30.0 Å². The predicted octanol–water partition coefficient (Wildman–Crippen LogP) is 2.67. The van der Waals surface area contributed by atoms with E-state index in [1.165, 1.54) is 18.2 Å². The fourth-order valence-electron chi connectivity index (χ4n) is 2.63. The molecular weight excluding hydrogens is 316 g/mol. The Morgan fingerprint density at radius 3 is 2.67 bits per heavy atom. The molecule has 24 heavy (non-hydrogen) atoms. The fourth-order valence-corrected chi connectivity index (χ4v) is 2.63. The average Bonchev–Trinajstić information content (AvgIpc) is 3.08. The molecule has 0 aromatic heterocycles. The van der Waals surface area contributed by atoms with Crippen molar-refractivity contribution in [3.05, 3.63) is 28.3 Å². The second kappa shape index (κ2) is 8.28. The topological polar surface area (TPSA) is 108 Å². The molecule has 0 bridgehead atoms. The van der Waals surface area contributed by atoms with E-state index in [-0.39, 0.29) is 23.3 Å². The van der Waals surface area contributed by atoms with Gasteiger partial charge in [-0.1, -0.05) is 12.8 Å². The molecule has 1 saturated carbocycles. The van der Waals surface area contributed by atoms with Gasteiger partial charge in [0, 0.05) is 0 Å². The van der Waals surface area contributed by atoms with Crippen molar-refractivity contribution in [3.8, 4) is 5.75 Å². The minimum absolute atomic E-state index is 0.0327. The summed E-state index contributed by atoms with van der Waals surface area (Å²) < 4.78 is 10.2. The van der Waals surface area contributed by atoms with Gasteiger partial charge in [0.1, 0.15) is 11.4 Å². The third-order valence-electron chi connectivity index (χ3n) is 3.79. The number of nitro groups is 1. The minimum atomic E-state index is -0.617. The lowest BCUT2D eigenvalue weighted by Crippen LogP contribution is -2.24. The number of esters is 1. The molecule has 0 aliphatic heterocycles. The average molecular weight is 336 g/mol. The van der Waals surface area contributed by atoms with Gasteiger partial charge in [0.25, 0.3) is 11.6 Å². The molecule has 0 heterocycles. The van der Waals surface area contributed by atoms with Crippen molar-refractivity contribution in [1.82, 2.24) is 0 Å². The number of hydrogen-bond donors (Lipinski definition) is 1. The lowest BCUT2D eigenvalue weighted by molar-refractivity contribution is -0.384. The molecule has 1 aliphatic rings. The maximum Gasteiger partial charge on any atom is 0.309 e. The second-order valence-corrected chi connectivity index (χ2v) is 5.51. The van der Waals surface area contributed by atoms with E-state index < -0.39 is 17.4 Å². The van der Waals surface area contributed by atoms with Crippen LogP contribution in [-0.2, 0) is 14.3 Å². The maximum absolute atomic E-state index is 11.9. The van der Waals surface area contributed by atoms with Crippen LogP contribution in [0.2, 0.25) is 0 Å². The smallest absolute Gasteiger partial charge is 0.309 e. The van der Waals surface area contributed by atoms with E-state index in [0.29, 0.717) is 12.4 Å². The molecule has 130 valence electrons. The molecule has 1 aliphatic carbocycles. The number of hydrogen-bond acceptors (Lipinski definition) is 6. The molecule has 8 nitrogen and oxygen atoms in total. The van der Waals surface area contributed by atoms with Crippen LogP contribution in [0.3, 0.4) is 0 Å². The van der Waals surface area contributed by atoms with Gasteiger partial charge in [-0.2, -0.15) is 0 Å². The standard InChI is InChI=1S/C16H20N2O6/c1-2-23-12-7-8-13(14(9-12)18(21)22)17-15(19)10-24-16(20)11-5-3-4-6-11/h7-9,11H,2-6,10H2,1H3,(H,17,19). The molecule has 0 saturated heterocycles. The van der Waals surface area contributed by atoms with Crippen LogP contribution in [0.5, 0.6) is 5.75 Å². The highest BCUT2D eigenvalue weighted by molar-refractivity contribution is 5.95. The second-order valence-electron chi connectivity index (χ2n) is 5.51. The Hall–Kier alpha value is -2.64. The van der Waals surface area contributed by atoms with Gasteiger partial charge in [-0.25, -0.2) is 0 Å². The predicted molar refractivity (Wildman–Crippen MR) is 85.8 cm³/mol. The number of nitro benzene ring substituents is 1. The number of amides is 1. The monoisotopic (exact) mass is 336 g/mol. The minimum Gasteiger partial charge on any atom is -0.494 e. The summed E-state index contributed by atoms with van der Waals surface area (Å²) in [6.07, 6.45) is 3.55. The van der Waals surface area contributed by atoms with Crippen molar-refractivity contribution in [2.24, 2.45) is 5.92 Å². The molecule has 2 rings (SSSR count). The van der Waals surface area contributed by atoms with E-state index in [1.807, 2.05) is 0 Å². The summed E-state index contributed by atoms with van der Waals surface area (Å²) in [5.74, 6) is -0.801. The number of nitrogens with zero attached hydrogens (tertiary/aromatic N) is 1. The quantitative estimate of drug-likeness (QED) is 0.466. The Kier molecular flexibility index (Phi) is 6.11. The highest BCUT2D eigenvalue weighted by Gasteiger charge is 2.25. The first-order valence-corrected chi connectivity index (χ1v) is 7.89. The number of benzene rings is 1. The van der Waals surface area contributed by atoms with E-state index >= 15 is 0 Å². The van der Waals surface area contributed by atoms with Crippen LogP contribution in [0.15, 0.2) is 18.2 Å². The van der Waals surface area contributed by atoms with E-state index in [9.17, 15) is 19.7 Å². The van der Waals surface area contributed by atoms with Crippen molar-refractivity contribution in [3.63, 3.8) is 0 Å². The lowest BCUT2D eigenvalue weighted by atomic mass is 10.1. The number of anilines is 1. The Balaban J connectivity index is 1.95. The highest BCUT2D eigenvalue weighted by atomic mass is 16.6. The molecule has 1 amide bonds. The summed E-state index contributed by atoms with van der Waals surface area (Å²) in [5, 5.41) is 13.5. The van der Waals surface area contributed by atoms with Gasteiger partial charge in [-0.15, -0.1) is 0 Å². The summed E-state index contributed by atoms with van der Waals surface area (Å²) in [5.41, 5.74) is -0.248. The van der Waals surface area contributed by atoms with Crippen molar-refractivity contribution in [1.29, 1.82) is 0 Å². The van der Waals surface area contributed by atoms with Crippen LogP contribution in [0, 0.1) is 16.0 Å². The summed E-state index contributed by atoms with van der Waals surface area (Å²) >= 11 is 0. The zero-order valence-corrected chi connectivity index (χ0v) is 13.4. The Labute approximate surface area is 139 Å². The van der Waals surface area contributed by atoms with Gasteiger partial charge in [-0.3, -0.25) is 19.7 Å². The summed E-state index contributed by atoms with van der Waals surface area (Å²) in [4.78, 5) is 34.1. The van der Waals surface area contributed by atoms with E-state index in [4.69, 9.17) is 9.47 Å². The van der Waals surface area contributed by atoms with E-state index in [0.717, 1.165) is 25.7 Å². The molecule has 1 fully saturated rings. The van der Waals surface area contributed by atoms with Gasteiger partial charge < -0.3 is 14.8 Å². The number of carbonyl (C=O) groups is 2. The van der Waals surface area contributed by atoms with E-state index in [2.05, 4.69) is 5.32 Å². The van der Waals surface area contributed by atoms with Crippen molar-refractivity contribution >= 4 is 23.3 Å². The molecule has 1 aromatic carbocycles. The number of rotatable bonds is 7. The van der Waals surface area contributed by atoms with Crippen LogP contribution in [0.1, 0.15) is 32.6 Å². The van der Waals surface area contributed by atoms with Gasteiger partial charge >= 0.3 is 5.97 Å². The molecule has 8 heteroatoms. The molecule has 1 N–H and O–H groups in total. The van der Waals surface area contributed by atoms with Crippen molar-refractivity contribution in [2.45, 2.75) is 32.6 Å². The van der Waals surface area contributed by atoms with Gasteiger partial charge in [0.15, 0.2) is 6.61 Å². The summed E-state index contributed by atoms with van der Waals surface area (Å²) in [6, 6.07) is 4.15.